The molecule has 2 N–H and O–H groups in total. The second kappa shape index (κ2) is 3.36. The molecule has 1 unspecified atom stereocenters. The predicted molar refractivity (Wildman–Crippen MR) is 49.4 cm³/mol. The van der Waals surface area contributed by atoms with Gasteiger partial charge in [0.2, 0.25) is 0 Å². The van der Waals surface area contributed by atoms with Gasteiger partial charge in [-0.2, -0.15) is 0 Å². The van der Waals surface area contributed by atoms with E-state index in [-0.39, 0.29) is 6.10 Å². The predicted octanol–water partition coefficient (Wildman–Crippen LogP) is 1.19. The van der Waals surface area contributed by atoms with Crippen molar-refractivity contribution in [1.29, 1.82) is 0 Å². The van der Waals surface area contributed by atoms with E-state index in [4.69, 9.17) is 10.6 Å². The smallest absolute Gasteiger partial charge is 0.128 e. The molecule has 2 rings (SSSR count). The third kappa shape index (κ3) is 1.53. The summed E-state index contributed by atoms with van der Waals surface area (Å²) in [6.07, 6.45) is 0.986. The molecule has 0 spiro atoms. The Kier molecular flexibility index (Phi) is 2.20. The normalized spacial score (nSPS) is 19.7. The molecule has 0 fully saturated rings. The van der Waals surface area contributed by atoms with Gasteiger partial charge in [0.15, 0.2) is 0 Å². The lowest BCUT2D eigenvalue weighted by atomic mass is 10.0. The highest BCUT2D eigenvalue weighted by Gasteiger charge is 2.23. The van der Waals surface area contributed by atoms with Crippen LogP contribution in [0.3, 0.4) is 0 Å². The first-order chi connectivity index (χ1) is 6.31. The van der Waals surface area contributed by atoms with Crippen LogP contribution in [0.1, 0.15) is 11.1 Å². The summed E-state index contributed by atoms with van der Waals surface area (Å²) in [5.74, 6) is 5.98. The Hall–Kier alpha value is -1.06. The van der Waals surface area contributed by atoms with Crippen molar-refractivity contribution in [3.8, 4) is 5.75 Å². The third-order valence-corrected chi connectivity index (χ3v) is 2.37. The van der Waals surface area contributed by atoms with Gasteiger partial charge in [-0.15, -0.1) is 0 Å². The van der Waals surface area contributed by atoms with Gasteiger partial charge in [-0.1, -0.05) is 12.1 Å². The highest BCUT2D eigenvalue weighted by Crippen LogP contribution is 2.30. The van der Waals surface area contributed by atoms with Crippen molar-refractivity contribution in [2.75, 3.05) is 6.61 Å². The number of rotatable bonds is 2. The minimum atomic E-state index is 0.0844. The molecular weight excluding hydrogens is 166 g/mol. The molecule has 13 heavy (non-hydrogen) atoms. The molecule has 1 aromatic rings. The average Bonchev–Trinajstić information content (AvgIpc) is 2.49. The highest BCUT2D eigenvalue weighted by atomic mass is 16.6. The maximum absolute atomic E-state index is 5.62. The van der Waals surface area contributed by atoms with E-state index in [0.717, 1.165) is 12.2 Å². The molecule has 1 aromatic carbocycles. The Labute approximate surface area is 77.4 Å². The number of hydrogen-bond acceptors (Lipinski definition) is 3. The number of fused-ring (bicyclic) bond motifs is 1. The van der Waals surface area contributed by atoms with Gasteiger partial charge in [-0.3, -0.25) is 0 Å². The number of hydrogen-bond donors (Lipinski definition) is 1. The van der Waals surface area contributed by atoms with E-state index >= 15 is 0 Å². The van der Waals surface area contributed by atoms with Crippen LogP contribution in [0.2, 0.25) is 0 Å². The number of ether oxygens (including phenoxy) is 1. The molecule has 1 atom stereocenters. The highest BCUT2D eigenvalue weighted by molar-refractivity contribution is 5.42. The van der Waals surface area contributed by atoms with E-state index in [1.165, 1.54) is 11.1 Å². The first kappa shape index (κ1) is 8.53. The summed E-state index contributed by atoms with van der Waals surface area (Å²) in [5.41, 5.74) is 2.56. The second-order valence-corrected chi connectivity index (χ2v) is 3.33. The number of benzene rings is 1. The quantitative estimate of drug-likeness (QED) is 0.693. The zero-order valence-electron chi connectivity index (χ0n) is 7.62. The van der Waals surface area contributed by atoms with Gasteiger partial charge in [-0.05, 0) is 18.6 Å². The molecule has 1 aliphatic rings. The van der Waals surface area contributed by atoms with Gasteiger partial charge >= 0.3 is 0 Å². The molecule has 70 valence electrons. The molecule has 3 nitrogen and oxygen atoms in total. The first-order valence-corrected chi connectivity index (χ1v) is 4.38. The summed E-state index contributed by atoms with van der Waals surface area (Å²) in [6.45, 7) is 2.54. The number of aryl methyl sites for hydroxylation is 1. The largest absolute Gasteiger partial charge is 0.487 e. The summed E-state index contributed by atoms with van der Waals surface area (Å²) in [6, 6.07) is 6.08. The van der Waals surface area contributed by atoms with Crippen LogP contribution in [-0.4, -0.2) is 12.7 Å². The zero-order chi connectivity index (χ0) is 9.26. The monoisotopic (exact) mass is 179 g/mol. The van der Waals surface area contributed by atoms with Gasteiger partial charge in [-0.25, -0.2) is 5.90 Å². The van der Waals surface area contributed by atoms with Crippen LogP contribution in [0.4, 0.5) is 0 Å². The van der Waals surface area contributed by atoms with Crippen LogP contribution < -0.4 is 10.6 Å². The standard InChI is InChI=1S/C10H13NO2/c1-7-3-2-4-10-9(7)5-8(13-10)6-12-11/h2-4,8H,5-6,11H2,1H3. The van der Waals surface area contributed by atoms with Crippen molar-refractivity contribution in [3.63, 3.8) is 0 Å². The third-order valence-electron chi connectivity index (χ3n) is 2.37. The number of nitrogens with two attached hydrogens (primary N) is 1. The van der Waals surface area contributed by atoms with Gasteiger partial charge < -0.3 is 9.57 Å². The molecular formula is C10H13NO2. The van der Waals surface area contributed by atoms with Gasteiger partial charge in [0.25, 0.3) is 0 Å². The molecule has 1 heterocycles. The summed E-state index contributed by atoms with van der Waals surface area (Å²) < 4.78 is 5.62. The lowest BCUT2D eigenvalue weighted by Crippen LogP contribution is -2.22. The second-order valence-electron chi connectivity index (χ2n) is 3.33. The molecule has 1 aliphatic heterocycles. The maximum Gasteiger partial charge on any atom is 0.128 e. The summed E-state index contributed by atoms with van der Waals surface area (Å²) in [4.78, 5) is 4.57. The van der Waals surface area contributed by atoms with Crippen molar-refractivity contribution in [3.05, 3.63) is 29.3 Å². The molecule has 0 amide bonds. The minimum Gasteiger partial charge on any atom is -0.487 e. The van der Waals surface area contributed by atoms with Crippen LogP contribution in [0, 0.1) is 6.92 Å². The van der Waals surface area contributed by atoms with Gasteiger partial charge in [0.1, 0.15) is 18.5 Å². The van der Waals surface area contributed by atoms with Crippen LogP contribution in [0.15, 0.2) is 18.2 Å². The van der Waals surface area contributed by atoms with E-state index in [1.807, 2.05) is 12.1 Å². The molecule has 0 saturated carbocycles. The van der Waals surface area contributed by atoms with E-state index in [0.29, 0.717) is 6.61 Å². The Morgan fingerprint density at radius 3 is 3.15 bits per heavy atom. The maximum atomic E-state index is 5.62. The Balaban J connectivity index is 2.20. The lowest BCUT2D eigenvalue weighted by Gasteiger charge is -2.07. The van der Waals surface area contributed by atoms with Crippen LogP contribution in [0.5, 0.6) is 5.75 Å². The van der Waals surface area contributed by atoms with Crippen molar-refractivity contribution in [2.45, 2.75) is 19.4 Å². The van der Waals surface area contributed by atoms with Crippen molar-refractivity contribution in [1.82, 2.24) is 0 Å². The van der Waals surface area contributed by atoms with Crippen molar-refractivity contribution < 1.29 is 9.57 Å². The SMILES string of the molecule is Cc1cccc2c1CC(CON)O2. The average molecular weight is 179 g/mol. The fourth-order valence-electron chi connectivity index (χ4n) is 1.70. The van der Waals surface area contributed by atoms with Crippen molar-refractivity contribution in [2.24, 2.45) is 5.90 Å². The molecule has 0 bridgehead atoms. The molecule has 0 aromatic heterocycles. The molecule has 0 saturated heterocycles. The van der Waals surface area contributed by atoms with E-state index in [9.17, 15) is 0 Å². The molecule has 0 aliphatic carbocycles. The summed E-state index contributed by atoms with van der Waals surface area (Å²) >= 11 is 0. The van der Waals surface area contributed by atoms with E-state index in [2.05, 4.69) is 17.8 Å². The van der Waals surface area contributed by atoms with Crippen LogP contribution in [0.25, 0.3) is 0 Å². The Morgan fingerprint density at radius 1 is 1.62 bits per heavy atom. The van der Waals surface area contributed by atoms with Gasteiger partial charge in [0.05, 0.1) is 0 Å². The van der Waals surface area contributed by atoms with Crippen LogP contribution >= 0.6 is 0 Å². The molecule has 3 heteroatoms. The topological polar surface area (TPSA) is 44.5 Å². The van der Waals surface area contributed by atoms with E-state index < -0.39 is 0 Å². The molecule has 0 radical (unpaired) electrons. The summed E-state index contributed by atoms with van der Waals surface area (Å²) in [7, 11) is 0. The Bertz CT molecular complexity index is 312. The minimum absolute atomic E-state index is 0.0844. The first-order valence-electron chi connectivity index (χ1n) is 4.38. The fourth-order valence-corrected chi connectivity index (χ4v) is 1.70. The fraction of sp³-hybridized carbons (Fsp3) is 0.400. The van der Waals surface area contributed by atoms with Crippen molar-refractivity contribution >= 4 is 0 Å². The van der Waals surface area contributed by atoms with Gasteiger partial charge in [0, 0.05) is 12.0 Å². The summed E-state index contributed by atoms with van der Waals surface area (Å²) in [5, 5.41) is 0. The zero-order valence-corrected chi connectivity index (χ0v) is 7.62. The lowest BCUT2D eigenvalue weighted by molar-refractivity contribution is 0.0609. The van der Waals surface area contributed by atoms with E-state index in [1.54, 1.807) is 0 Å². The van der Waals surface area contributed by atoms with Crippen LogP contribution in [-0.2, 0) is 11.3 Å². The Morgan fingerprint density at radius 2 is 2.46 bits per heavy atom.